The summed E-state index contributed by atoms with van der Waals surface area (Å²) in [6.45, 7) is 3.81. The third-order valence-electron chi connectivity index (χ3n) is 2.64. The first-order valence-electron chi connectivity index (χ1n) is 5.55. The van der Waals surface area contributed by atoms with Crippen LogP contribution in [0.1, 0.15) is 24.2 Å². The van der Waals surface area contributed by atoms with Crippen LogP contribution in [0.5, 0.6) is 0 Å². The SMILES string of the molecule is COC(C)(C)CNC(=O)c1cccc(Cl)c1[N+](=O)[O-]. The largest absolute Gasteiger partial charge is 0.377 e. The Labute approximate surface area is 115 Å². The van der Waals surface area contributed by atoms with Crippen molar-refractivity contribution in [2.45, 2.75) is 19.4 Å². The number of carbonyl (C=O) groups excluding carboxylic acids is 1. The van der Waals surface area contributed by atoms with Crippen molar-refractivity contribution in [2.24, 2.45) is 0 Å². The van der Waals surface area contributed by atoms with Gasteiger partial charge in [0, 0.05) is 13.7 Å². The molecule has 0 heterocycles. The molecule has 0 radical (unpaired) electrons. The normalized spacial score (nSPS) is 11.2. The van der Waals surface area contributed by atoms with E-state index in [9.17, 15) is 14.9 Å². The molecule has 0 aliphatic carbocycles. The predicted molar refractivity (Wildman–Crippen MR) is 71.5 cm³/mol. The molecule has 0 aliphatic heterocycles. The van der Waals surface area contributed by atoms with Gasteiger partial charge in [-0.05, 0) is 26.0 Å². The van der Waals surface area contributed by atoms with Crippen molar-refractivity contribution in [3.63, 3.8) is 0 Å². The van der Waals surface area contributed by atoms with Crippen molar-refractivity contribution in [3.8, 4) is 0 Å². The number of nitrogens with one attached hydrogen (secondary N) is 1. The lowest BCUT2D eigenvalue weighted by Crippen LogP contribution is -2.39. The molecule has 0 saturated carbocycles. The van der Waals surface area contributed by atoms with Crippen molar-refractivity contribution in [1.29, 1.82) is 0 Å². The lowest BCUT2D eigenvalue weighted by molar-refractivity contribution is -0.385. The minimum absolute atomic E-state index is 0.0654. The number of ether oxygens (including phenoxy) is 1. The lowest BCUT2D eigenvalue weighted by atomic mass is 10.1. The van der Waals surface area contributed by atoms with Crippen molar-refractivity contribution < 1.29 is 14.5 Å². The van der Waals surface area contributed by atoms with E-state index < -0.39 is 22.1 Å². The van der Waals surface area contributed by atoms with E-state index in [1.807, 2.05) is 0 Å². The zero-order valence-corrected chi connectivity index (χ0v) is 11.7. The summed E-state index contributed by atoms with van der Waals surface area (Å²) in [4.78, 5) is 22.2. The van der Waals surface area contributed by atoms with E-state index in [2.05, 4.69) is 5.32 Å². The van der Waals surface area contributed by atoms with E-state index in [-0.39, 0.29) is 17.1 Å². The number of rotatable bonds is 5. The Morgan fingerprint density at radius 1 is 1.53 bits per heavy atom. The van der Waals surface area contributed by atoms with E-state index in [0.29, 0.717) is 0 Å². The summed E-state index contributed by atoms with van der Waals surface area (Å²) in [6, 6.07) is 4.22. The van der Waals surface area contributed by atoms with Gasteiger partial charge >= 0.3 is 5.69 Å². The Balaban J connectivity index is 2.95. The van der Waals surface area contributed by atoms with Crippen LogP contribution in [-0.2, 0) is 4.74 Å². The summed E-state index contributed by atoms with van der Waals surface area (Å²) in [5.74, 6) is -0.556. The number of benzene rings is 1. The first kappa shape index (κ1) is 15.4. The minimum atomic E-state index is -0.668. The Morgan fingerprint density at radius 2 is 2.16 bits per heavy atom. The van der Waals surface area contributed by atoms with Crippen molar-refractivity contribution >= 4 is 23.2 Å². The zero-order chi connectivity index (χ0) is 14.6. The maximum absolute atomic E-state index is 12.0. The molecule has 1 N–H and O–H groups in total. The van der Waals surface area contributed by atoms with Crippen molar-refractivity contribution in [2.75, 3.05) is 13.7 Å². The fraction of sp³-hybridized carbons (Fsp3) is 0.417. The molecule has 104 valence electrons. The van der Waals surface area contributed by atoms with Gasteiger partial charge in [0.15, 0.2) is 0 Å². The Bertz CT molecular complexity index is 503. The maximum atomic E-state index is 12.0. The summed E-state index contributed by atoms with van der Waals surface area (Å²) in [5.41, 5.74) is -1.01. The number of carbonyl (C=O) groups is 1. The quantitative estimate of drug-likeness (QED) is 0.665. The summed E-state index contributed by atoms with van der Waals surface area (Å²) in [6.07, 6.45) is 0. The second-order valence-corrected chi connectivity index (χ2v) is 4.95. The third-order valence-corrected chi connectivity index (χ3v) is 2.95. The summed E-state index contributed by atoms with van der Waals surface area (Å²) in [5, 5.41) is 13.4. The third kappa shape index (κ3) is 3.90. The minimum Gasteiger partial charge on any atom is -0.377 e. The van der Waals surface area contributed by atoms with Gasteiger partial charge in [-0.2, -0.15) is 0 Å². The highest BCUT2D eigenvalue weighted by Crippen LogP contribution is 2.28. The van der Waals surface area contributed by atoms with E-state index in [1.165, 1.54) is 25.3 Å². The number of nitro groups is 1. The van der Waals surface area contributed by atoms with Gasteiger partial charge in [-0.15, -0.1) is 0 Å². The molecule has 0 unspecified atom stereocenters. The number of hydrogen-bond donors (Lipinski definition) is 1. The molecule has 19 heavy (non-hydrogen) atoms. The van der Waals surface area contributed by atoms with Crippen LogP contribution in [0.25, 0.3) is 0 Å². The molecule has 0 saturated heterocycles. The molecular formula is C12H15ClN2O4. The summed E-state index contributed by atoms with van der Waals surface area (Å²) in [7, 11) is 1.52. The fourth-order valence-corrected chi connectivity index (χ4v) is 1.59. The zero-order valence-electron chi connectivity index (χ0n) is 10.9. The number of nitrogens with zero attached hydrogens (tertiary/aromatic N) is 1. The summed E-state index contributed by atoms with van der Waals surface area (Å²) >= 11 is 5.74. The number of halogens is 1. The molecule has 1 aromatic rings. The van der Waals surface area contributed by atoms with E-state index in [4.69, 9.17) is 16.3 Å². The first-order chi connectivity index (χ1) is 8.78. The van der Waals surface area contributed by atoms with Gasteiger partial charge in [-0.25, -0.2) is 0 Å². The average Bonchev–Trinajstić information content (AvgIpc) is 2.35. The Morgan fingerprint density at radius 3 is 2.68 bits per heavy atom. The molecule has 6 nitrogen and oxygen atoms in total. The number of nitro benzene ring substituents is 1. The molecular weight excluding hydrogens is 272 g/mol. The monoisotopic (exact) mass is 286 g/mol. The second-order valence-electron chi connectivity index (χ2n) is 4.54. The van der Waals surface area contributed by atoms with Gasteiger partial charge < -0.3 is 10.1 Å². The Hall–Kier alpha value is -1.66. The van der Waals surface area contributed by atoms with Crippen LogP contribution in [0.15, 0.2) is 18.2 Å². The molecule has 1 aromatic carbocycles. The van der Waals surface area contributed by atoms with Crippen molar-refractivity contribution in [1.82, 2.24) is 5.32 Å². The molecule has 0 aliphatic rings. The molecule has 0 bridgehead atoms. The molecule has 0 fully saturated rings. The van der Waals surface area contributed by atoms with Gasteiger partial charge in [-0.3, -0.25) is 14.9 Å². The molecule has 1 rings (SSSR count). The van der Waals surface area contributed by atoms with Crippen LogP contribution in [0.3, 0.4) is 0 Å². The highest BCUT2D eigenvalue weighted by Gasteiger charge is 2.25. The topological polar surface area (TPSA) is 81.5 Å². The molecule has 0 spiro atoms. The highest BCUT2D eigenvalue weighted by atomic mass is 35.5. The highest BCUT2D eigenvalue weighted by molar-refractivity contribution is 6.33. The number of methoxy groups -OCH3 is 1. The fourth-order valence-electron chi connectivity index (χ4n) is 1.34. The molecule has 1 amide bonds. The number of para-hydroxylation sites is 1. The summed E-state index contributed by atoms with van der Waals surface area (Å²) < 4.78 is 5.15. The smallest absolute Gasteiger partial charge is 0.300 e. The predicted octanol–water partition coefficient (Wildman–Crippen LogP) is 2.40. The molecule has 7 heteroatoms. The average molecular weight is 287 g/mol. The van der Waals surface area contributed by atoms with Crippen molar-refractivity contribution in [3.05, 3.63) is 38.9 Å². The van der Waals surface area contributed by atoms with Gasteiger partial charge in [0.2, 0.25) is 0 Å². The maximum Gasteiger partial charge on any atom is 0.300 e. The molecule has 0 aromatic heterocycles. The van der Waals surface area contributed by atoms with E-state index >= 15 is 0 Å². The van der Waals surface area contributed by atoms with Gasteiger partial charge in [-0.1, -0.05) is 17.7 Å². The number of amides is 1. The number of hydrogen-bond acceptors (Lipinski definition) is 4. The van der Waals surface area contributed by atoms with E-state index in [0.717, 1.165) is 0 Å². The van der Waals surface area contributed by atoms with Crippen LogP contribution in [0, 0.1) is 10.1 Å². The van der Waals surface area contributed by atoms with E-state index in [1.54, 1.807) is 13.8 Å². The van der Waals surface area contributed by atoms with Crippen LogP contribution >= 0.6 is 11.6 Å². The first-order valence-corrected chi connectivity index (χ1v) is 5.92. The second kappa shape index (κ2) is 5.99. The van der Waals surface area contributed by atoms with Crippen LogP contribution in [0.2, 0.25) is 5.02 Å². The molecule has 0 atom stereocenters. The Kier molecular flexibility index (Phi) is 4.85. The lowest BCUT2D eigenvalue weighted by Gasteiger charge is -2.23. The standard InChI is InChI=1S/C12H15ClN2O4/c1-12(2,19-3)7-14-11(16)8-5-4-6-9(13)10(8)15(17)18/h4-6H,7H2,1-3H3,(H,14,16). The van der Waals surface area contributed by atoms with Crippen LogP contribution in [0.4, 0.5) is 5.69 Å². The van der Waals surface area contributed by atoms with Crippen LogP contribution < -0.4 is 5.32 Å². The van der Waals surface area contributed by atoms with Crippen LogP contribution in [-0.4, -0.2) is 30.1 Å². The van der Waals surface area contributed by atoms with Gasteiger partial charge in [0.05, 0.1) is 10.5 Å². The van der Waals surface area contributed by atoms with Gasteiger partial charge in [0.1, 0.15) is 10.6 Å². The van der Waals surface area contributed by atoms with Gasteiger partial charge in [0.25, 0.3) is 5.91 Å².